The highest BCUT2D eigenvalue weighted by molar-refractivity contribution is 5.53. The van der Waals surface area contributed by atoms with Crippen molar-refractivity contribution >= 4 is 6.08 Å². The second-order valence-electron chi connectivity index (χ2n) is 2.45. The molecule has 13 heavy (non-hydrogen) atoms. The van der Waals surface area contributed by atoms with Gasteiger partial charge in [-0.3, -0.25) is 0 Å². The Bertz CT molecular complexity index is 316. The molecule has 0 saturated heterocycles. The summed E-state index contributed by atoms with van der Waals surface area (Å²) in [5, 5.41) is 0. The summed E-state index contributed by atoms with van der Waals surface area (Å²) in [4.78, 5) is 0. The molecule has 1 rings (SSSR count). The lowest BCUT2D eigenvalue weighted by Gasteiger charge is -1.99. The standard InChI is InChI=1S/C11H11FO/c1-13-11-7-4-6-10(9-11)5-2-3-8-12/h2-9H,1H3/b5-2+,8-3+. The van der Waals surface area contributed by atoms with Crippen LogP contribution in [0, 0.1) is 0 Å². The molecule has 0 saturated carbocycles. The second-order valence-corrected chi connectivity index (χ2v) is 2.45. The van der Waals surface area contributed by atoms with Gasteiger partial charge in [0.05, 0.1) is 13.4 Å². The van der Waals surface area contributed by atoms with Gasteiger partial charge in [-0.1, -0.05) is 24.3 Å². The first kappa shape index (κ1) is 9.52. The zero-order chi connectivity index (χ0) is 9.52. The molecule has 0 aliphatic heterocycles. The lowest BCUT2D eigenvalue weighted by Crippen LogP contribution is -1.81. The number of hydrogen-bond donors (Lipinski definition) is 0. The SMILES string of the molecule is COc1cccc(/C=C/C=C/F)c1. The number of ether oxygens (including phenoxy) is 1. The number of allylic oxidation sites excluding steroid dienone is 2. The molecule has 68 valence electrons. The second kappa shape index (κ2) is 5.14. The third kappa shape index (κ3) is 3.11. The summed E-state index contributed by atoms with van der Waals surface area (Å²) < 4.78 is 16.6. The Hall–Kier alpha value is -1.57. The summed E-state index contributed by atoms with van der Waals surface area (Å²) in [6, 6.07) is 7.55. The van der Waals surface area contributed by atoms with E-state index in [1.165, 1.54) is 6.08 Å². The number of methoxy groups -OCH3 is 1. The van der Waals surface area contributed by atoms with E-state index in [0.717, 1.165) is 11.3 Å². The molecule has 0 amide bonds. The molecule has 0 aromatic heterocycles. The molecule has 1 aromatic rings. The molecule has 0 N–H and O–H groups in total. The fourth-order valence-electron chi connectivity index (χ4n) is 0.954. The lowest BCUT2D eigenvalue weighted by molar-refractivity contribution is 0.414. The minimum atomic E-state index is 0.497. The summed E-state index contributed by atoms with van der Waals surface area (Å²) >= 11 is 0. The number of benzene rings is 1. The van der Waals surface area contributed by atoms with Crippen molar-refractivity contribution in [3.05, 3.63) is 48.3 Å². The Labute approximate surface area is 77.2 Å². The van der Waals surface area contributed by atoms with Crippen LogP contribution in [0.3, 0.4) is 0 Å². The molecule has 0 unspecified atom stereocenters. The highest BCUT2D eigenvalue weighted by Gasteiger charge is 1.89. The van der Waals surface area contributed by atoms with Gasteiger partial charge in [-0.2, -0.15) is 0 Å². The van der Waals surface area contributed by atoms with Gasteiger partial charge < -0.3 is 4.74 Å². The normalized spacial score (nSPS) is 11.2. The van der Waals surface area contributed by atoms with Crippen molar-refractivity contribution in [1.82, 2.24) is 0 Å². The summed E-state index contributed by atoms with van der Waals surface area (Å²) in [6.07, 6.45) is 5.27. The molecule has 0 heterocycles. The maximum atomic E-state index is 11.6. The third-order valence-corrected chi connectivity index (χ3v) is 1.57. The Morgan fingerprint density at radius 3 is 2.85 bits per heavy atom. The molecule has 0 radical (unpaired) electrons. The zero-order valence-electron chi connectivity index (χ0n) is 7.41. The molecule has 2 heteroatoms. The summed E-state index contributed by atoms with van der Waals surface area (Å²) in [5.74, 6) is 0.798. The van der Waals surface area contributed by atoms with E-state index in [2.05, 4.69) is 0 Å². The summed E-state index contributed by atoms with van der Waals surface area (Å²) in [7, 11) is 1.62. The molecule has 0 bridgehead atoms. The first-order valence-corrected chi connectivity index (χ1v) is 3.94. The van der Waals surface area contributed by atoms with E-state index in [4.69, 9.17) is 4.74 Å². The Morgan fingerprint density at radius 2 is 2.15 bits per heavy atom. The molecule has 0 aliphatic rings. The van der Waals surface area contributed by atoms with E-state index in [-0.39, 0.29) is 0 Å². The van der Waals surface area contributed by atoms with Gasteiger partial charge in [-0.15, -0.1) is 0 Å². The van der Waals surface area contributed by atoms with Crippen LogP contribution in [-0.2, 0) is 0 Å². The monoisotopic (exact) mass is 178 g/mol. The van der Waals surface area contributed by atoms with Crippen LogP contribution in [0.4, 0.5) is 4.39 Å². The third-order valence-electron chi connectivity index (χ3n) is 1.57. The highest BCUT2D eigenvalue weighted by Crippen LogP contribution is 2.13. The Kier molecular flexibility index (Phi) is 3.76. The van der Waals surface area contributed by atoms with Crippen LogP contribution in [0.5, 0.6) is 5.75 Å². The number of rotatable bonds is 3. The molecule has 0 spiro atoms. The largest absolute Gasteiger partial charge is 0.497 e. The van der Waals surface area contributed by atoms with Crippen molar-refractivity contribution in [2.75, 3.05) is 7.11 Å². The van der Waals surface area contributed by atoms with Crippen LogP contribution in [0.2, 0.25) is 0 Å². The van der Waals surface area contributed by atoms with E-state index in [1.54, 1.807) is 19.3 Å². The predicted octanol–water partition coefficient (Wildman–Crippen LogP) is 3.19. The van der Waals surface area contributed by atoms with Crippen LogP contribution < -0.4 is 4.74 Å². The molecular formula is C11H11FO. The summed E-state index contributed by atoms with van der Waals surface area (Å²) in [5.41, 5.74) is 0.984. The highest BCUT2D eigenvalue weighted by atomic mass is 19.1. The first-order chi connectivity index (χ1) is 6.36. The van der Waals surface area contributed by atoms with Crippen molar-refractivity contribution < 1.29 is 9.13 Å². The average molecular weight is 178 g/mol. The predicted molar refractivity (Wildman–Crippen MR) is 52.3 cm³/mol. The summed E-state index contributed by atoms with van der Waals surface area (Å²) in [6.45, 7) is 0. The smallest absolute Gasteiger partial charge is 0.119 e. The Morgan fingerprint density at radius 1 is 1.31 bits per heavy atom. The van der Waals surface area contributed by atoms with Gasteiger partial charge in [0, 0.05) is 0 Å². The van der Waals surface area contributed by atoms with Crippen LogP contribution in [-0.4, -0.2) is 7.11 Å². The quantitative estimate of drug-likeness (QED) is 0.646. The van der Waals surface area contributed by atoms with Gasteiger partial charge in [-0.05, 0) is 23.8 Å². The van der Waals surface area contributed by atoms with Crippen molar-refractivity contribution in [3.8, 4) is 5.75 Å². The van der Waals surface area contributed by atoms with Gasteiger partial charge in [0.2, 0.25) is 0 Å². The van der Waals surface area contributed by atoms with Crippen LogP contribution in [0.15, 0.2) is 42.7 Å². The minimum absolute atomic E-state index is 0.497. The molecule has 0 aliphatic carbocycles. The van der Waals surface area contributed by atoms with E-state index < -0.39 is 0 Å². The average Bonchev–Trinajstić information content (AvgIpc) is 2.19. The molecule has 0 atom stereocenters. The maximum absolute atomic E-state index is 11.6. The zero-order valence-corrected chi connectivity index (χ0v) is 7.41. The number of hydrogen-bond acceptors (Lipinski definition) is 1. The topological polar surface area (TPSA) is 9.23 Å². The van der Waals surface area contributed by atoms with Gasteiger partial charge in [0.15, 0.2) is 0 Å². The molecule has 1 aromatic carbocycles. The van der Waals surface area contributed by atoms with E-state index in [9.17, 15) is 4.39 Å². The van der Waals surface area contributed by atoms with Crippen molar-refractivity contribution in [2.24, 2.45) is 0 Å². The van der Waals surface area contributed by atoms with Crippen LogP contribution in [0.25, 0.3) is 6.08 Å². The van der Waals surface area contributed by atoms with Crippen LogP contribution >= 0.6 is 0 Å². The van der Waals surface area contributed by atoms with Crippen molar-refractivity contribution in [1.29, 1.82) is 0 Å². The van der Waals surface area contributed by atoms with Crippen molar-refractivity contribution in [2.45, 2.75) is 0 Å². The first-order valence-electron chi connectivity index (χ1n) is 3.94. The van der Waals surface area contributed by atoms with E-state index >= 15 is 0 Å². The van der Waals surface area contributed by atoms with E-state index in [1.807, 2.05) is 24.3 Å². The fourth-order valence-corrected chi connectivity index (χ4v) is 0.954. The van der Waals surface area contributed by atoms with Crippen molar-refractivity contribution in [3.63, 3.8) is 0 Å². The van der Waals surface area contributed by atoms with Gasteiger partial charge in [0.25, 0.3) is 0 Å². The lowest BCUT2D eigenvalue weighted by atomic mass is 10.2. The number of halogens is 1. The maximum Gasteiger partial charge on any atom is 0.119 e. The van der Waals surface area contributed by atoms with E-state index in [0.29, 0.717) is 6.33 Å². The molecule has 1 nitrogen and oxygen atoms in total. The molecule has 0 fully saturated rings. The fraction of sp³-hybridized carbons (Fsp3) is 0.0909. The minimum Gasteiger partial charge on any atom is -0.497 e. The van der Waals surface area contributed by atoms with Crippen LogP contribution in [0.1, 0.15) is 5.56 Å². The molecular weight excluding hydrogens is 167 g/mol. The van der Waals surface area contributed by atoms with Gasteiger partial charge >= 0.3 is 0 Å². The Balaban J connectivity index is 2.77. The van der Waals surface area contributed by atoms with Gasteiger partial charge in [0.1, 0.15) is 5.75 Å². The van der Waals surface area contributed by atoms with Gasteiger partial charge in [-0.25, -0.2) is 4.39 Å².